The normalized spacial score (nSPS) is 13.0. The van der Waals surface area contributed by atoms with Crippen molar-refractivity contribution in [2.45, 2.75) is 0 Å². The third-order valence-corrected chi connectivity index (χ3v) is 14.3. The Morgan fingerprint density at radius 3 is 1.19 bits per heavy atom. The minimum atomic E-state index is 0.0627. The lowest BCUT2D eigenvalue weighted by Crippen LogP contribution is -2.89. The smallest absolute Gasteiger partial charge is 0.240 e. The van der Waals surface area contributed by atoms with Gasteiger partial charge in [-0.2, -0.15) is 0 Å². The number of benzene rings is 10. The summed E-state index contributed by atoms with van der Waals surface area (Å²) in [6.45, 7) is 0.490. The van der Waals surface area contributed by atoms with Crippen LogP contribution >= 0.6 is 0 Å². The Kier molecular flexibility index (Phi) is 8.37. The van der Waals surface area contributed by atoms with Gasteiger partial charge >= 0.3 is 0 Å². The van der Waals surface area contributed by atoms with Gasteiger partial charge in [0.25, 0.3) is 0 Å². The van der Waals surface area contributed by atoms with Gasteiger partial charge in [0, 0.05) is 16.8 Å². The number of anilines is 3. The Morgan fingerprint density at radius 1 is 0.238 bits per heavy atom. The molecule has 1 nitrogen and oxygen atoms in total. The van der Waals surface area contributed by atoms with E-state index in [1.807, 2.05) is 0 Å². The van der Waals surface area contributed by atoms with Crippen molar-refractivity contribution in [3.63, 3.8) is 0 Å². The lowest BCUT2D eigenvalue weighted by molar-refractivity contribution is 1.30. The molecule has 0 bridgehead atoms. The van der Waals surface area contributed by atoms with Crippen LogP contribution in [-0.4, -0.2) is 26.9 Å². The van der Waals surface area contributed by atoms with E-state index in [9.17, 15) is 0 Å². The summed E-state index contributed by atoms with van der Waals surface area (Å²) in [6, 6.07) is 88.6. The molecule has 10 aromatic rings. The quantitative estimate of drug-likeness (QED) is 0.215. The van der Waals surface area contributed by atoms with Crippen LogP contribution < -0.4 is 70.5 Å². The molecule has 0 aliphatic carbocycles. The highest BCUT2D eigenvalue weighted by molar-refractivity contribution is 7.22. The van der Waals surface area contributed by atoms with Crippen LogP contribution in [0.4, 0.5) is 17.1 Å². The number of nitrogens with zero attached hydrogens (tertiary/aromatic N) is 1. The van der Waals surface area contributed by atoms with Gasteiger partial charge in [-0.25, -0.2) is 0 Å². The van der Waals surface area contributed by atoms with Gasteiger partial charge < -0.3 is 4.90 Å². The number of para-hydroxylation sites is 2. The summed E-state index contributed by atoms with van der Waals surface area (Å²) in [4.78, 5) is 2.40. The third-order valence-electron chi connectivity index (χ3n) is 14.3. The molecule has 0 aromatic heterocycles. The van der Waals surface area contributed by atoms with Crippen LogP contribution in [0, 0.1) is 0 Å². The average Bonchev–Trinajstić information content (AvgIpc) is 3.36. The summed E-state index contributed by atoms with van der Waals surface area (Å²) in [5.41, 5.74) is 23.0. The van der Waals surface area contributed by atoms with E-state index in [1.54, 1.807) is 0 Å². The second kappa shape index (κ2) is 14.6. The largest absolute Gasteiger partial charge is 0.310 e. The van der Waals surface area contributed by atoms with E-state index in [1.165, 1.54) is 93.1 Å². The maximum atomic E-state index is 2.45. The average molecular weight is 793 g/mol. The maximum Gasteiger partial charge on any atom is 0.240 e. The van der Waals surface area contributed by atoms with Gasteiger partial charge in [0.05, 0.1) is 5.69 Å². The molecule has 0 saturated carbocycles. The molecule has 0 saturated heterocycles. The Labute approximate surface area is 371 Å². The van der Waals surface area contributed by atoms with E-state index in [2.05, 4.69) is 241 Å². The van der Waals surface area contributed by atoms with Crippen LogP contribution in [-0.2, 0) is 0 Å². The SMILES string of the molecule is c1ccc(-c2ccc(B3c4ccccc4B4c5cccc6c5B(c5ccccc5B6c5ccc(N(c6ccccc6)c6ccccc6)c6ccccc56)c5cccc3c54)cc2)cc1. The maximum absolute atomic E-state index is 2.45. The van der Waals surface area contributed by atoms with Crippen LogP contribution in [0.25, 0.3) is 21.9 Å². The summed E-state index contributed by atoms with van der Waals surface area (Å²) in [5, 5.41) is 2.52. The van der Waals surface area contributed by atoms with Gasteiger partial charge in [0.2, 0.25) is 26.9 Å². The number of fused-ring (bicyclic) bond motifs is 7. The minimum Gasteiger partial charge on any atom is -0.310 e. The molecule has 0 N–H and O–H groups in total. The van der Waals surface area contributed by atoms with Crippen molar-refractivity contribution in [2.24, 2.45) is 0 Å². The van der Waals surface area contributed by atoms with Crippen LogP contribution in [0.3, 0.4) is 0 Å². The molecule has 0 radical (unpaired) electrons. The fourth-order valence-electron chi connectivity index (χ4n) is 11.8. The topological polar surface area (TPSA) is 3.24 Å². The predicted octanol–water partition coefficient (Wildman–Crippen LogP) is 4.98. The molecule has 0 amide bonds. The van der Waals surface area contributed by atoms with Crippen LogP contribution in [0.1, 0.15) is 0 Å². The van der Waals surface area contributed by atoms with E-state index in [0.29, 0.717) is 0 Å². The molecule has 0 fully saturated rings. The molecule has 3 heterocycles. The zero-order chi connectivity index (χ0) is 41.4. The third kappa shape index (κ3) is 5.56. The zero-order valence-electron chi connectivity index (χ0n) is 34.8. The molecular weight excluding hydrogens is 754 g/mol. The summed E-state index contributed by atoms with van der Waals surface area (Å²) in [6.07, 6.45) is 0. The number of hydrogen-bond donors (Lipinski definition) is 0. The van der Waals surface area contributed by atoms with E-state index in [-0.39, 0.29) is 26.9 Å². The van der Waals surface area contributed by atoms with E-state index in [0.717, 1.165) is 11.4 Å². The summed E-state index contributed by atoms with van der Waals surface area (Å²) in [5.74, 6) is 0. The molecule has 3 aliphatic heterocycles. The molecule has 288 valence electrons. The van der Waals surface area contributed by atoms with Gasteiger partial charge in [-0.05, 0) is 46.8 Å². The van der Waals surface area contributed by atoms with Crippen molar-refractivity contribution >= 4 is 120 Å². The zero-order valence-corrected chi connectivity index (χ0v) is 34.8. The van der Waals surface area contributed by atoms with Gasteiger partial charge in [-0.1, -0.05) is 272 Å². The van der Waals surface area contributed by atoms with Crippen molar-refractivity contribution in [2.75, 3.05) is 4.90 Å². The highest BCUT2D eigenvalue weighted by atomic mass is 15.1. The predicted molar refractivity (Wildman–Crippen MR) is 275 cm³/mol. The summed E-state index contributed by atoms with van der Waals surface area (Å²) in [7, 11) is 0. The van der Waals surface area contributed by atoms with Crippen molar-refractivity contribution < 1.29 is 0 Å². The molecule has 5 heteroatoms. The highest BCUT2D eigenvalue weighted by Crippen LogP contribution is 2.38. The van der Waals surface area contributed by atoms with Crippen molar-refractivity contribution in [1.82, 2.24) is 0 Å². The van der Waals surface area contributed by atoms with Gasteiger partial charge in [-0.15, -0.1) is 0 Å². The molecular formula is C58H39B4N. The molecule has 13 rings (SSSR count). The lowest BCUT2D eigenvalue weighted by atomic mass is 9.11. The van der Waals surface area contributed by atoms with Crippen molar-refractivity contribution in [1.29, 1.82) is 0 Å². The lowest BCUT2D eigenvalue weighted by Gasteiger charge is -2.43. The molecule has 0 spiro atoms. The molecule has 3 aliphatic rings. The fourth-order valence-corrected chi connectivity index (χ4v) is 11.8. The first kappa shape index (κ1) is 36.2. The first-order chi connectivity index (χ1) is 31.3. The minimum absolute atomic E-state index is 0.0627. The van der Waals surface area contributed by atoms with Crippen molar-refractivity contribution in [3.05, 3.63) is 237 Å². The first-order valence-electron chi connectivity index (χ1n) is 22.3. The van der Waals surface area contributed by atoms with Crippen LogP contribution in [0.2, 0.25) is 0 Å². The van der Waals surface area contributed by atoms with Crippen molar-refractivity contribution in [3.8, 4) is 11.1 Å². The molecule has 10 aromatic carbocycles. The Balaban J connectivity index is 1.01. The number of rotatable bonds is 6. The van der Waals surface area contributed by atoms with Crippen LogP contribution in [0.5, 0.6) is 0 Å². The first-order valence-corrected chi connectivity index (χ1v) is 22.3. The fraction of sp³-hybridized carbons (Fsp3) is 0. The van der Waals surface area contributed by atoms with Crippen LogP contribution in [0.15, 0.2) is 237 Å². The summed E-state index contributed by atoms with van der Waals surface area (Å²) >= 11 is 0. The second-order valence-corrected chi connectivity index (χ2v) is 17.4. The molecule has 0 unspecified atom stereocenters. The van der Waals surface area contributed by atoms with E-state index < -0.39 is 0 Å². The molecule has 0 atom stereocenters. The Morgan fingerprint density at radius 2 is 0.635 bits per heavy atom. The second-order valence-electron chi connectivity index (χ2n) is 17.4. The Hall–Kier alpha value is -7.48. The van der Waals surface area contributed by atoms with Gasteiger partial charge in [0.15, 0.2) is 0 Å². The monoisotopic (exact) mass is 793 g/mol. The summed E-state index contributed by atoms with van der Waals surface area (Å²) < 4.78 is 0. The van der Waals surface area contributed by atoms with E-state index >= 15 is 0 Å². The van der Waals surface area contributed by atoms with Gasteiger partial charge in [-0.3, -0.25) is 0 Å². The molecule has 63 heavy (non-hydrogen) atoms. The number of hydrogen-bond acceptors (Lipinski definition) is 1. The van der Waals surface area contributed by atoms with E-state index in [4.69, 9.17) is 0 Å². The Bertz CT molecular complexity index is 3330. The van der Waals surface area contributed by atoms with Gasteiger partial charge in [0.1, 0.15) is 0 Å². The standard InChI is InChI=1S/C58H39B4N/c1-4-18-40(19-5-1)41-34-36-42(37-35-41)59-48-26-12-14-28-50(48)61-55-33-17-31-53-58(55)62(54-32-16-30-52(59)57(54)61)51-29-15-13-27-49(51)60(53)47-38-39-56(46-25-11-10-24-45(46)47)63(43-20-6-2-7-21-43)44-22-8-3-9-23-44/h1-39H. The highest BCUT2D eigenvalue weighted by Gasteiger charge is 2.50.